The van der Waals surface area contributed by atoms with Gasteiger partial charge in [0, 0.05) is 39.3 Å². The van der Waals surface area contributed by atoms with Crippen LogP contribution in [0.3, 0.4) is 0 Å². The summed E-state index contributed by atoms with van der Waals surface area (Å²) in [5.74, 6) is 1.13. The van der Waals surface area contributed by atoms with Gasteiger partial charge in [0.1, 0.15) is 5.82 Å². The van der Waals surface area contributed by atoms with Crippen molar-refractivity contribution in [2.75, 3.05) is 31.6 Å². The number of aryl methyl sites for hydroxylation is 2. The molecule has 0 bridgehead atoms. The SMILES string of the molecule is Cc1nn(C)c(N2CCCN(C)C(=O)C2)c1CN. The lowest BCUT2D eigenvalue weighted by Gasteiger charge is -2.23. The molecule has 2 rings (SSSR count). The third kappa shape index (κ3) is 2.20. The van der Waals surface area contributed by atoms with Crippen LogP contribution in [0.4, 0.5) is 5.82 Å². The van der Waals surface area contributed by atoms with Gasteiger partial charge in [-0.15, -0.1) is 0 Å². The van der Waals surface area contributed by atoms with Crippen molar-refractivity contribution in [1.82, 2.24) is 14.7 Å². The van der Waals surface area contributed by atoms with Crippen molar-refractivity contribution in [3.05, 3.63) is 11.3 Å². The quantitative estimate of drug-likeness (QED) is 0.794. The summed E-state index contributed by atoms with van der Waals surface area (Å²) in [6.45, 7) is 4.49. The van der Waals surface area contributed by atoms with E-state index in [9.17, 15) is 4.79 Å². The summed E-state index contributed by atoms with van der Waals surface area (Å²) in [6, 6.07) is 0. The Morgan fingerprint density at radius 2 is 2.06 bits per heavy atom. The largest absolute Gasteiger partial charge is 0.347 e. The first kappa shape index (κ1) is 12.9. The van der Waals surface area contributed by atoms with E-state index < -0.39 is 0 Å². The van der Waals surface area contributed by atoms with Crippen molar-refractivity contribution in [3.8, 4) is 0 Å². The van der Waals surface area contributed by atoms with Crippen LogP contribution in [0.25, 0.3) is 0 Å². The number of carbonyl (C=O) groups excluding carboxylic acids is 1. The summed E-state index contributed by atoms with van der Waals surface area (Å²) >= 11 is 0. The second kappa shape index (κ2) is 4.97. The van der Waals surface area contributed by atoms with Crippen LogP contribution in [0.5, 0.6) is 0 Å². The Labute approximate surface area is 107 Å². The average molecular weight is 251 g/mol. The molecular weight excluding hydrogens is 230 g/mol. The van der Waals surface area contributed by atoms with Gasteiger partial charge in [-0.05, 0) is 13.3 Å². The lowest BCUT2D eigenvalue weighted by atomic mass is 10.2. The van der Waals surface area contributed by atoms with Crippen molar-refractivity contribution in [2.24, 2.45) is 12.8 Å². The Bertz CT molecular complexity index is 454. The smallest absolute Gasteiger partial charge is 0.241 e. The fourth-order valence-corrected chi connectivity index (χ4v) is 2.49. The van der Waals surface area contributed by atoms with Crippen LogP contribution in [-0.4, -0.2) is 47.3 Å². The summed E-state index contributed by atoms with van der Waals surface area (Å²) < 4.78 is 1.83. The van der Waals surface area contributed by atoms with Crippen LogP contribution in [-0.2, 0) is 18.4 Å². The molecular formula is C12H21N5O. The highest BCUT2D eigenvalue weighted by molar-refractivity contribution is 5.81. The number of hydrogen-bond acceptors (Lipinski definition) is 4. The standard InChI is InChI=1S/C12H21N5O/c1-9-10(7-13)12(16(3)14-9)17-6-4-5-15(2)11(18)8-17/h4-8,13H2,1-3H3. The molecule has 1 aromatic rings. The van der Waals surface area contributed by atoms with Crippen molar-refractivity contribution in [1.29, 1.82) is 0 Å². The first-order chi connectivity index (χ1) is 8.54. The highest BCUT2D eigenvalue weighted by Gasteiger charge is 2.24. The summed E-state index contributed by atoms with van der Waals surface area (Å²) in [5, 5.41) is 4.40. The predicted octanol–water partition coefficient (Wildman–Crippen LogP) is -0.144. The lowest BCUT2D eigenvalue weighted by molar-refractivity contribution is -0.127. The second-order valence-electron chi connectivity index (χ2n) is 4.81. The highest BCUT2D eigenvalue weighted by Crippen LogP contribution is 2.23. The Morgan fingerprint density at radius 1 is 1.33 bits per heavy atom. The van der Waals surface area contributed by atoms with E-state index in [4.69, 9.17) is 5.73 Å². The number of amides is 1. The average Bonchev–Trinajstić information content (AvgIpc) is 2.50. The molecule has 6 heteroatoms. The van der Waals surface area contributed by atoms with E-state index >= 15 is 0 Å². The molecule has 18 heavy (non-hydrogen) atoms. The Hall–Kier alpha value is -1.56. The van der Waals surface area contributed by atoms with Gasteiger partial charge < -0.3 is 15.5 Å². The van der Waals surface area contributed by atoms with Gasteiger partial charge in [-0.3, -0.25) is 9.48 Å². The first-order valence-electron chi connectivity index (χ1n) is 6.26. The third-order valence-electron chi connectivity index (χ3n) is 3.49. The predicted molar refractivity (Wildman–Crippen MR) is 70.3 cm³/mol. The molecule has 1 aliphatic rings. The molecule has 0 radical (unpaired) electrons. The number of hydrogen-bond donors (Lipinski definition) is 1. The molecule has 1 aliphatic heterocycles. The fraction of sp³-hybridized carbons (Fsp3) is 0.667. The molecule has 1 aromatic heterocycles. The molecule has 0 spiro atoms. The van der Waals surface area contributed by atoms with Crippen molar-refractivity contribution in [3.63, 3.8) is 0 Å². The maximum Gasteiger partial charge on any atom is 0.241 e. The van der Waals surface area contributed by atoms with Crippen LogP contribution in [0.2, 0.25) is 0 Å². The molecule has 0 unspecified atom stereocenters. The topological polar surface area (TPSA) is 67.4 Å². The maximum absolute atomic E-state index is 11.9. The minimum Gasteiger partial charge on any atom is -0.347 e. The zero-order chi connectivity index (χ0) is 13.3. The molecule has 6 nitrogen and oxygen atoms in total. The molecule has 0 aliphatic carbocycles. The van der Waals surface area contributed by atoms with Gasteiger partial charge in [0.2, 0.25) is 5.91 Å². The van der Waals surface area contributed by atoms with Crippen LogP contribution >= 0.6 is 0 Å². The van der Waals surface area contributed by atoms with Gasteiger partial charge >= 0.3 is 0 Å². The van der Waals surface area contributed by atoms with Crippen molar-refractivity contribution >= 4 is 11.7 Å². The van der Waals surface area contributed by atoms with E-state index in [1.807, 2.05) is 25.7 Å². The maximum atomic E-state index is 11.9. The molecule has 0 saturated carbocycles. The Morgan fingerprint density at radius 3 is 2.72 bits per heavy atom. The van der Waals surface area contributed by atoms with E-state index in [2.05, 4.69) is 10.00 Å². The number of carbonyl (C=O) groups is 1. The third-order valence-corrected chi connectivity index (χ3v) is 3.49. The molecule has 0 aromatic carbocycles. The fourth-order valence-electron chi connectivity index (χ4n) is 2.49. The molecule has 2 heterocycles. The molecule has 100 valence electrons. The molecule has 1 saturated heterocycles. The number of likely N-dealkylation sites (N-methyl/N-ethyl adjacent to an activating group) is 1. The van der Waals surface area contributed by atoms with E-state index in [-0.39, 0.29) is 5.91 Å². The number of nitrogens with zero attached hydrogens (tertiary/aromatic N) is 4. The van der Waals surface area contributed by atoms with Crippen LogP contribution in [0.15, 0.2) is 0 Å². The number of nitrogens with two attached hydrogens (primary N) is 1. The molecule has 2 N–H and O–H groups in total. The van der Waals surface area contributed by atoms with E-state index in [1.54, 1.807) is 4.90 Å². The monoisotopic (exact) mass is 251 g/mol. The number of rotatable bonds is 2. The molecule has 1 fully saturated rings. The van der Waals surface area contributed by atoms with Gasteiger partial charge in [0.05, 0.1) is 12.2 Å². The number of aromatic nitrogens is 2. The Kier molecular flexibility index (Phi) is 3.56. The van der Waals surface area contributed by atoms with E-state index in [1.165, 1.54) is 0 Å². The summed E-state index contributed by atoms with van der Waals surface area (Å²) in [4.78, 5) is 15.8. The van der Waals surface area contributed by atoms with Crippen LogP contribution in [0.1, 0.15) is 17.7 Å². The van der Waals surface area contributed by atoms with Gasteiger partial charge in [0.25, 0.3) is 0 Å². The van der Waals surface area contributed by atoms with Crippen LogP contribution in [0, 0.1) is 6.92 Å². The van der Waals surface area contributed by atoms with Crippen molar-refractivity contribution in [2.45, 2.75) is 19.9 Å². The first-order valence-corrected chi connectivity index (χ1v) is 6.26. The van der Waals surface area contributed by atoms with Gasteiger partial charge in [-0.2, -0.15) is 5.10 Å². The lowest BCUT2D eigenvalue weighted by Crippen LogP contribution is -2.35. The summed E-state index contributed by atoms with van der Waals surface area (Å²) in [5.41, 5.74) is 7.78. The van der Waals surface area contributed by atoms with Crippen molar-refractivity contribution < 1.29 is 4.79 Å². The van der Waals surface area contributed by atoms with E-state index in [0.29, 0.717) is 13.1 Å². The zero-order valence-electron chi connectivity index (χ0n) is 11.3. The van der Waals surface area contributed by atoms with Gasteiger partial charge in [0.15, 0.2) is 0 Å². The van der Waals surface area contributed by atoms with Gasteiger partial charge in [-0.25, -0.2) is 0 Å². The Balaban J connectivity index is 2.33. The van der Waals surface area contributed by atoms with E-state index in [0.717, 1.165) is 36.6 Å². The molecule has 1 amide bonds. The molecule has 0 atom stereocenters. The summed E-state index contributed by atoms with van der Waals surface area (Å²) in [7, 11) is 3.75. The minimum atomic E-state index is 0.148. The highest BCUT2D eigenvalue weighted by atomic mass is 16.2. The second-order valence-corrected chi connectivity index (χ2v) is 4.81. The minimum absolute atomic E-state index is 0.148. The van der Waals surface area contributed by atoms with Crippen LogP contribution < -0.4 is 10.6 Å². The zero-order valence-corrected chi connectivity index (χ0v) is 11.3. The van der Waals surface area contributed by atoms with Gasteiger partial charge in [-0.1, -0.05) is 0 Å². The summed E-state index contributed by atoms with van der Waals surface area (Å²) in [6.07, 6.45) is 0.969. The number of anilines is 1. The normalized spacial score (nSPS) is 17.2.